The van der Waals surface area contributed by atoms with Crippen molar-refractivity contribution in [1.82, 2.24) is 9.80 Å². The third kappa shape index (κ3) is 6.94. The van der Waals surface area contributed by atoms with Gasteiger partial charge in [0.1, 0.15) is 18.1 Å². The molecule has 5 nitrogen and oxygen atoms in total. The van der Waals surface area contributed by atoms with Gasteiger partial charge in [0, 0.05) is 13.1 Å². The number of hydrogen-bond acceptors (Lipinski definition) is 3. The largest absolute Gasteiger partial charge is 0.467 e. The van der Waals surface area contributed by atoms with Crippen LogP contribution in [0.5, 0.6) is 0 Å². The highest BCUT2D eigenvalue weighted by Gasteiger charge is 2.21. The lowest BCUT2D eigenvalue weighted by molar-refractivity contribution is -0.140. The first-order valence-electron chi connectivity index (χ1n) is 10.5. The Labute approximate surface area is 187 Å². The van der Waals surface area contributed by atoms with Gasteiger partial charge < -0.3 is 14.2 Å². The number of halogens is 1. The van der Waals surface area contributed by atoms with Gasteiger partial charge in [-0.1, -0.05) is 48.5 Å². The molecule has 166 valence electrons. The van der Waals surface area contributed by atoms with Crippen LogP contribution >= 0.6 is 0 Å². The summed E-state index contributed by atoms with van der Waals surface area (Å²) in [6.07, 6.45) is 3.95. The lowest BCUT2D eigenvalue weighted by Gasteiger charge is -2.27. The second-order valence-corrected chi connectivity index (χ2v) is 7.50. The maximum absolute atomic E-state index is 13.2. The molecule has 0 bridgehead atoms. The van der Waals surface area contributed by atoms with Crippen LogP contribution in [0.1, 0.15) is 16.9 Å². The molecule has 0 spiro atoms. The van der Waals surface area contributed by atoms with Crippen molar-refractivity contribution in [3.63, 3.8) is 0 Å². The zero-order valence-electron chi connectivity index (χ0n) is 18.0. The minimum Gasteiger partial charge on any atom is -0.467 e. The van der Waals surface area contributed by atoms with E-state index in [9.17, 15) is 14.0 Å². The second kappa shape index (κ2) is 11.6. The van der Waals surface area contributed by atoms with Crippen molar-refractivity contribution in [2.75, 3.05) is 19.6 Å². The van der Waals surface area contributed by atoms with Crippen molar-refractivity contribution < 1.29 is 18.4 Å². The molecule has 2 amide bonds. The number of furan rings is 1. The van der Waals surface area contributed by atoms with Crippen molar-refractivity contribution in [2.24, 2.45) is 0 Å². The average Bonchev–Trinajstić information content (AvgIpc) is 3.31. The molecule has 0 atom stereocenters. The Morgan fingerprint density at radius 1 is 0.906 bits per heavy atom. The maximum Gasteiger partial charge on any atom is 0.242 e. The molecule has 0 aliphatic carbocycles. The predicted octanol–water partition coefficient (Wildman–Crippen LogP) is 4.25. The van der Waals surface area contributed by atoms with Crippen LogP contribution in [-0.2, 0) is 29.0 Å². The maximum atomic E-state index is 13.2. The van der Waals surface area contributed by atoms with Crippen LogP contribution in [0, 0.1) is 5.82 Å². The number of rotatable bonds is 11. The molecule has 1 heterocycles. The SMILES string of the molecule is C=CCN(CC(=O)N(CCc1ccccc1)Cc1ccco1)C(=O)Cc1ccc(F)cc1. The summed E-state index contributed by atoms with van der Waals surface area (Å²) in [5.74, 6) is -0.0665. The van der Waals surface area contributed by atoms with Crippen LogP contribution < -0.4 is 0 Å². The van der Waals surface area contributed by atoms with E-state index in [1.807, 2.05) is 36.4 Å². The van der Waals surface area contributed by atoms with Gasteiger partial charge in [-0.15, -0.1) is 6.58 Å². The lowest BCUT2D eigenvalue weighted by Crippen LogP contribution is -2.43. The van der Waals surface area contributed by atoms with Gasteiger partial charge in [0.15, 0.2) is 0 Å². The molecule has 0 unspecified atom stereocenters. The molecule has 0 saturated carbocycles. The van der Waals surface area contributed by atoms with E-state index in [1.54, 1.807) is 35.4 Å². The molecule has 0 radical (unpaired) electrons. The molecular weight excluding hydrogens is 407 g/mol. The van der Waals surface area contributed by atoms with Crippen LogP contribution in [-0.4, -0.2) is 41.2 Å². The zero-order valence-corrected chi connectivity index (χ0v) is 18.0. The number of amides is 2. The van der Waals surface area contributed by atoms with Crippen molar-refractivity contribution in [2.45, 2.75) is 19.4 Å². The van der Waals surface area contributed by atoms with Crippen molar-refractivity contribution in [3.8, 4) is 0 Å². The Kier molecular flexibility index (Phi) is 8.37. The Bertz CT molecular complexity index is 1000. The molecular formula is C26H27FN2O3. The number of nitrogens with zero attached hydrogens (tertiary/aromatic N) is 2. The molecule has 0 N–H and O–H groups in total. The molecule has 3 aromatic rings. The number of carbonyl (C=O) groups is 2. The topological polar surface area (TPSA) is 53.8 Å². The highest BCUT2D eigenvalue weighted by Crippen LogP contribution is 2.11. The first kappa shape index (κ1) is 23.0. The van der Waals surface area contributed by atoms with E-state index in [0.29, 0.717) is 30.8 Å². The van der Waals surface area contributed by atoms with Gasteiger partial charge in [-0.3, -0.25) is 9.59 Å². The van der Waals surface area contributed by atoms with E-state index < -0.39 is 0 Å². The Morgan fingerprint density at radius 3 is 2.31 bits per heavy atom. The van der Waals surface area contributed by atoms with Crippen LogP contribution in [0.2, 0.25) is 0 Å². The van der Waals surface area contributed by atoms with Gasteiger partial charge >= 0.3 is 0 Å². The predicted molar refractivity (Wildman–Crippen MR) is 121 cm³/mol. The van der Waals surface area contributed by atoms with Gasteiger partial charge in [-0.25, -0.2) is 4.39 Å². The highest BCUT2D eigenvalue weighted by atomic mass is 19.1. The number of benzene rings is 2. The van der Waals surface area contributed by atoms with Crippen LogP contribution in [0.4, 0.5) is 4.39 Å². The number of carbonyl (C=O) groups excluding carboxylic acids is 2. The Morgan fingerprint density at radius 2 is 1.66 bits per heavy atom. The van der Waals surface area contributed by atoms with Gasteiger partial charge in [-0.2, -0.15) is 0 Å². The molecule has 0 aliphatic rings. The standard InChI is InChI=1S/C26H27FN2O3/c1-2-15-28(25(30)18-22-10-12-23(27)13-11-22)20-26(31)29(19-24-9-6-17-32-24)16-14-21-7-4-3-5-8-21/h2-13,17H,1,14-16,18-20H2. The summed E-state index contributed by atoms with van der Waals surface area (Å²) in [4.78, 5) is 29.2. The fourth-order valence-corrected chi connectivity index (χ4v) is 3.35. The second-order valence-electron chi connectivity index (χ2n) is 7.50. The van der Waals surface area contributed by atoms with Gasteiger partial charge in [0.25, 0.3) is 0 Å². The van der Waals surface area contributed by atoms with E-state index in [1.165, 1.54) is 17.0 Å². The van der Waals surface area contributed by atoms with Gasteiger partial charge in [-0.05, 0) is 41.8 Å². The fraction of sp³-hybridized carbons (Fsp3) is 0.231. The van der Waals surface area contributed by atoms with Crippen LogP contribution in [0.15, 0.2) is 90.1 Å². The molecule has 1 aromatic heterocycles. The summed E-state index contributed by atoms with van der Waals surface area (Å²) in [7, 11) is 0. The summed E-state index contributed by atoms with van der Waals surface area (Å²) < 4.78 is 18.6. The minimum atomic E-state index is -0.355. The van der Waals surface area contributed by atoms with Crippen molar-refractivity contribution in [3.05, 3.63) is 108 Å². The molecule has 0 saturated heterocycles. The molecule has 2 aromatic carbocycles. The first-order valence-corrected chi connectivity index (χ1v) is 10.5. The summed E-state index contributed by atoms with van der Waals surface area (Å²) in [6, 6.07) is 19.3. The minimum absolute atomic E-state index is 0.0679. The number of hydrogen-bond donors (Lipinski definition) is 0. The summed E-state index contributed by atoms with van der Waals surface area (Å²) in [5.41, 5.74) is 1.81. The lowest BCUT2D eigenvalue weighted by atomic mass is 10.1. The van der Waals surface area contributed by atoms with E-state index in [2.05, 4.69) is 6.58 Å². The highest BCUT2D eigenvalue weighted by molar-refractivity contribution is 5.86. The molecule has 0 aliphatic heterocycles. The van der Waals surface area contributed by atoms with E-state index in [-0.39, 0.29) is 37.1 Å². The smallest absolute Gasteiger partial charge is 0.242 e. The van der Waals surface area contributed by atoms with Crippen LogP contribution in [0.25, 0.3) is 0 Å². The zero-order chi connectivity index (χ0) is 22.8. The van der Waals surface area contributed by atoms with E-state index in [0.717, 1.165) is 5.56 Å². The molecule has 0 fully saturated rings. The molecule has 3 rings (SSSR count). The third-order valence-corrected chi connectivity index (χ3v) is 5.09. The van der Waals surface area contributed by atoms with Gasteiger partial charge in [0.2, 0.25) is 11.8 Å². The summed E-state index contributed by atoms with van der Waals surface area (Å²) >= 11 is 0. The summed E-state index contributed by atoms with van der Waals surface area (Å²) in [6.45, 7) is 4.71. The Balaban J connectivity index is 1.68. The first-order chi connectivity index (χ1) is 15.5. The average molecular weight is 435 g/mol. The fourth-order valence-electron chi connectivity index (χ4n) is 3.35. The summed E-state index contributed by atoms with van der Waals surface area (Å²) in [5, 5.41) is 0. The van der Waals surface area contributed by atoms with Crippen LogP contribution in [0.3, 0.4) is 0 Å². The normalized spacial score (nSPS) is 10.5. The van der Waals surface area contributed by atoms with E-state index >= 15 is 0 Å². The van der Waals surface area contributed by atoms with E-state index in [4.69, 9.17) is 4.42 Å². The molecule has 6 heteroatoms. The quantitative estimate of drug-likeness (QED) is 0.424. The van der Waals surface area contributed by atoms with Gasteiger partial charge in [0.05, 0.1) is 19.2 Å². The Hall–Kier alpha value is -3.67. The third-order valence-electron chi connectivity index (χ3n) is 5.09. The molecule has 32 heavy (non-hydrogen) atoms. The van der Waals surface area contributed by atoms with Crippen molar-refractivity contribution >= 4 is 11.8 Å². The monoisotopic (exact) mass is 434 g/mol. The van der Waals surface area contributed by atoms with Crippen molar-refractivity contribution in [1.29, 1.82) is 0 Å².